The van der Waals surface area contributed by atoms with E-state index in [-0.39, 0.29) is 25.9 Å². The van der Waals surface area contributed by atoms with Crippen LogP contribution in [0.5, 0.6) is 0 Å². The second-order valence-electron chi connectivity index (χ2n) is 4.35. The van der Waals surface area contributed by atoms with Gasteiger partial charge in [0.2, 0.25) is 0 Å². The number of hydrogen-bond donors (Lipinski definition) is 1. The SMILES string of the molecule is CCCCCCCC(C)(C)C(=O)O.[H-].[H-].[Mg+2]. The fourth-order valence-corrected chi connectivity index (χ4v) is 1.28. The molecule has 0 radical (unpaired) electrons. The average molecular weight is 213 g/mol. The molecule has 0 spiro atoms. The maximum atomic E-state index is 10.7. The van der Waals surface area contributed by atoms with E-state index in [2.05, 4.69) is 6.92 Å². The average Bonchev–Trinajstić information content (AvgIpc) is 2.03. The van der Waals surface area contributed by atoms with Gasteiger partial charge in [-0.2, -0.15) is 0 Å². The fraction of sp³-hybridized carbons (Fsp3) is 0.909. The summed E-state index contributed by atoms with van der Waals surface area (Å²) in [5.74, 6) is -0.678. The van der Waals surface area contributed by atoms with Crippen LogP contribution in [0.25, 0.3) is 0 Å². The van der Waals surface area contributed by atoms with E-state index in [0.717, 1.165) is 12.8 Å². The van der Waals surface area contributed by atoms with Gasteiger partial charge >= 0.3 is 29.0 Å². The Kier molecular flexibility index (Phi) is 10.2. The summed E-state index contributed by atoms with van der Waals surface area (Å²) in [6.45, 7) is 5.78. The van der Waals surface area contributed by atoms with Gasteiger partial charge in [0.25, 0.3) is 0 Å². The van der Waals surface area contributed by atoms with E-state index < -0.39 is 11.4 Å². The van der Waals surface area contributed by atoms with E-state index in [1.165, 1.54) is 25.7 Å². The Morgan fingerprint density at radius 2 is 1.71 bits per heavy atom. The zero-order valence-corrected chi connectivity index (χ0v) is 11.2. The normalized spacial score (nSPS) is 10.8. The van der Waals surface area contributed by atoms with Crippen LogP contribution < -0.4 is 0 Å². The Bertz CT molecular complexity index is 164. The van der Waals surface area contributed by atoms with Crippen LogP contribution >= 0.6 is 0 Å². The van der Waals surface area contributed by atoms with Gasteiger partial charge in [-0.1, -0.05) is 39.0 Å². The van der Waals surface area contributed by atoms with E-state index in [4.69, 9.17) is 5.11 Å². The molecule has 0 rings (SSSR count). The number of unbranched alkanes of at least 4 members (excludes halogenated alkanes) is 4. The minimum atomic E-state index is -0.678. The van der Waals surface area contributed by atoms with Crippen molar-refractivity contribution in [3.63, 3.8) is 0 Å². The summed E-state index contributed by atoms with van der Waals surface area (Å²) in [5.41, 5.74) is -0.536. The minimum absolute atomic E-state index is 0. The molecule has 0 aromatic carbocycles. The number of hydrogen-bond acceptors (Lipinski definition) is 1. The molecule has 0 amide bonds. The largest absolute Gasteiger partial charge is 2.00 e. The van der Waals surface area contributed by atoms with Crippen molar-refractivity contribution < 1.29 is 12.8 Å². The molecule has 0 aliphatic heterocycles. The predicted molar refractivity (Wildman–Crippen MR) is 62.8 cm³/mol. The summed E-state index contributed by atoms with van der Waals surface area (Å²) in [4.78, 5) is 10.7. The molecular weight excluding hydrogens is 188 g/mol. The standard InChI is InChI=1S/C11H22O2.Mg.2H/c1-4-5-6-7-8-9-11(2,3)10(12)13;;;/h4-9H2,1-3H3,(H,12,13);;;/q;+2;2*-1. The van der Waals surface area contributed by atoms with Gasteiger partial charge in [0.15, 0.2) is 0 Å². The third-order valence-corrected chi connectivity index (χ3v) is 2.48. The van der Waals surface area contributed by atoms with Crippen LogP contribution in [0.2, 0.25) is 0 Å². The molecular formula is C11H24MgO2. The van der Waals surface area contributed by atoms with E-state index in [0.29, 0.717) is 0 Å². The number of rotatable bonds is 7. The number of carbonyl (C=O) groups is 1. The fourth-order valence-electron chi connectivity index (χ4n) is 1.28. The van der Waals surface area contributed by atoms with Crippen LogP contribution in [-0.2, 0) is 4.79 Å². The second-order valence-corrected chi connectivity index (χ2v) is 4.35. The van der Waals surface area contributed by atoms with E-state index in [1.54, 1.807) is 13.8 Å². The predicted octanol–water partition coefficient (Wildman–Crippen LogP) is 3.30. The van der Waals surface area contributed by atoms with Gasteiger partial charge in [-0.25, -0.2) is 0 Å². The Balaban J connectivity index is -0.000000240. The van der Waals surface area contributed by atoms with Crippen molar-refractivity contribution in [2.45, 2.75) is 59.3 Å². The molecule has 0 aliphatic carbocycles. The summed E-state index contributed by atoms with van der Waals surface area (Å²) in [7, 11) is 0. The quantitative estimate of drug-likeness (QED) is 0.519. The van der Waals surface area contributed by atoms with E-state index in [9.17, 15) is 4.79 Å². The monoisotopic (exact) mass is 212 g/mol. The third kappa shape index (κ3) is 7.62. The molecule has 82 valence electrons. The Labute approximate surface area is 107 Å². The Morgan fingerprint density at radius 3 is 2.14 bits per heavy atom. The Hall–Kier alpha value is 0.236. The molecule has 14 heavy (non-hydrogen) atoms. The first-order valence-electron chi connectivity index (χ1n) is 5.24. The van der Waals surface area contributed by atoms with Gasteiger partial charge in [-0.15, -0.1) is 0 Å². The van der Waals surface area contributed by atoms with Gasteiger partial charge in [-0.3, -0.25) is 4.79 Å². The van der Waals surface area contributed by atoms with Crippen molar-refractivity contribution in [3.8, 4) is 0 Å². The summed E-state index contributed by atoms with van der Waals surface area (Å²) in [6.07, 6.45) is 6.76. The van der Waals surface area contributed by atoms with Gasteiger partial charge in [-0.05, 0) is 20.3 Å². The second kappa shape index (κ2) is 8.54. The maximum absolute atomic E-state index is 10.7. The van der Waals surface area contributed by atoms with Crippen molar-refractivity contribution >= 4 is 29.0 Å². The number of carboxylic acid groups (broad SMARTS) is 1. The van der Waals surface area contributed by atoms with Gasteiger partial charge in [0.05, 0.1) is 5.41 Å². The molecule has 0 atom stereocenters. The Morgan fingerprint density at radius 1 is 1.21 bits per heavy atom. The van der Waals surface area contributed by atoms with Crippen molar-refractivity contribution in [3.05, 3.63) is 0 Å². The molecule has 0 fully saturated rings. The van der Waals surface area contributed by atoms with Crippen LogP contribution in [0.15, 0.2) is 0 Å². The molecule has 0 aromatic rings. The molecule has 1 N–H and O–H groups in total. The van der Waals surface area contributed by atoms with Crippen molar-refractivity contribution in [2.24, 2.45) is 5.41 Å². The first-order chi connectivity index (χ1) is 6.00. The molecule has 0 saturated carbocycles. The van der Waals surface area contributed by atoms with E-state index in [1.807, 2.05) is 0 Å². The zero-order chi connectivity index (χ0) is 10.3. The van der Waals surface area contributed by atoms with Gasteiger partial charge in [0, 0.05) is 0 Å². The molecule has 3 heteroatoms. The van der Waals surface area contributed by atoms with Crippen LogP contribution in [0.4, 0.5) is 0 Å². The first kappa shape index (κ1) is 16.7. The first-order valence-corrected chi connectivity index (χ1v) is 5.24. The summed E-state index contributed by atoms with van der Waals surface area (Å²) < 4.78 is 0. The molecule has 0 saturated heterocycles. The molecule has 0 heterocycles. The van der Waals surface area contributed by atoms with Crippen LogP contribution in [0.1, 0.15) is 62.1 Å². The van der Waals surface area contributed by atoms with Crippen LogP contribution in [0, 0.1) is 5.41 Å². The third-order valence-electron chi connectivity index (χ3n) is 2.48. The smallest absolute Gasteiger partial charge is 1.00 e. The number of carboxylic acids is 1. The van der Waals surface area contributed by atoms with E-state index >= 15 is 0 Å². The topological polar surface area (TPSA) is 37.3 Å². The molecule has 2 nitrogen and oxygen atoms in total. The van der Waals surface area contributed by atoms with Crippen molar-refractivity contribution in [1.29, 1.82) is 0 Å². The summed E-state index contributed by atoms with van der Waals surface area (Å²) >= 11 is 0. The van der Waals surface area contributed by atoms with Crippen LogP contribution in [0.3, 0.4) is 0 Å². The van der Waals surface area contributed by atoms with Gasteiger partial charge in [0.1, 0.15) is 0 Å². The van der Waals surface area contributed by atoms with Crippen molar-refractivity contribution in [2.75, 3.05) is 0 Å². The minimum Gasteiger partial charge on any atom is -1.00 e. The van der Waals surface area contributed by atoms with Gasteiger partial charge < -0.3 is 7.96 Å². The zero-order valence-electron chi connectivity index (χ0n) is 11.8. The summed E-state index contributed by atoms with van der Waals surface area (Å²) in [5, 5.41) is 8.84. The van der Waals surface area contributed by atoms with Crippen molar-refractivity contribution in [1.82, 2.24) is 0 Å². The molecule has 0 aromatic heterocycles. The molecule has 0 bridgehead atoms. The summed E-state index contributed by atoms with van der Waals surface area (Å²) in [6, 6.07) is 0. The molecule has 0 unspecified atom stereocenters. The number of aliphatic carboxylic acids is 1. The van der Waals surface area contributed by atoms with Crippen LogP contribution in [-0.4, -0.2) is 34.1 Å². The maximum Gasteiger partial charge on any atom is 2.00 e. The molecule has 0 aliphatic rings.